The van der Waals surface area contributed by atoms with Gasteiger partial charge in [0.05, 0.1) is 5.92 Å². The van der Waals surface area contributed by atoms with Crippen LogP contribution in [0.2, 0.25) is 0 Å². The summed E-state index contributed by atoms with van der Waals surface area (Å²) in [4.78, 5) is 22.5. The first-order valence-electron chi connectivity index (χ1n) is 10.8. The molecule has 0 amide bonds. The van der Waals surface area contributed by atoms with E-state index in [1.165, 1.54) is 90.4 Å². The lowest BCUT2D eigenvalue weighted by Crippen LogP contribution is -2.19. The van der Waals surface area contributed by atoms with E-state index in [4.69, 9.17) is 4.74 Å². The summed E-state index contributed by atoms with van der Waals surface area (Å²) >= 11 is 0. The Hall–Kier alpha value is -0.860. The third kappa shape index (κ3) is 16.4. The highest BCUT2D eigenvalue weighted by Gasteiger charge is 2.18. The molecule has 0 aliphatic carbocycles. The van der Waals surface area contributed by atoms with Crippen LogP contribution in [-0.2, 0) is 14.3 Å². The number of unbranched alkanes of at least 4 members (excludes halogenated alkanes) is 13. The molecule has 0 aromatic heterocycles. The van der Waals surface area contributed by atoms with E-state index in [-0.39, 0.29) is 11.9 Å². The minimum Gasteiger partial charge on any atom is -0.393 e. The lowest BCUT2D eigenvalue weighted by atomic mass is 9.97. The van der Waals surface area contributed by atoms with E-state index in [2.05, 4.69) is 6.92 Å². The van der Waals surface area contributed by atoms with Gasteiger partial charge in [0.25, 0.3) is 0 Å². The zero-order valence-electron chi connectivity index (χ0n) is 17.1. The van der Waals surface area contributed by atoms with Crippen molar-refractivity contribution in [2.45, 2.75) is 124 Å². The number of carbonyl (C=O) groups is 2. The summed E-state index contributed by atoms with van der Waals surface area (Å²) < 4.78 is 4.70. The fraction of sp³-hybridized carbons (Fsp3) is 0.909. The molecule has 0 bridgehead atoms. The Bertz CT molecular complexity index is 325. The Morgan fingerprint density at radius 2 is 1.08 bits per heavy atom. The second-order valence-electron chi connectivity index (χ2n) is 7.40. The van der Waals surface area contributed by atoms with Gasteiger partial charge >= 0.3 is 11.9 Å². The van der Waals surface area contributed by atoms with Crippen molar-refractivity contribution in [3.05, 3.63) is 0 Å². The van der Waals surface area contributed by atoms with Crippen LogP contribution in [0.5, 0.6) is 0 Å². The van der Waals surface area contributed by atoms with Crippen molar-refractivity contribution in [1.29, 1.82) is 0 Å². The van der Waals surface area contributed by atoms with Gasteiger partial charge in [0, 0.05) is 6.92 Å². The largest absolute Gasteiger partial charge is 0.393 e. The lowest BCUT2D eigenvalue weighted by Gasteiger charge is -2.12. The van der Waals surface area contributed by atoms with E-state index < -0.39 is 5.97 Å². The molecule has 1 atom stereocenters. The van der Waals surface area contributed by atoms with Crippen molar-refractivity contribution < 1.29 is 14.3 Å². The first-order chi connectivity index (χ1) is 12.1. The predicted octanol–water partition coefficient (Wildman–Crippen LogP) is 6.97. The predicted molar refractivity (Wildman–Crippen MR) is 105 cm³/mol. The van der Waals surface area contributed by atoms with E-state index in [0.717, 1.165) is 19.3 Å². The van der Waals surface area contributed by atoms with Crippen molar-refractivity contribution in [3.8, 4) is 0 Å². The Morgan fingerprint density at radius 3 is 1.44 bits per heavy atom. The van der Waals surface area contributed by atoms with Crippen molar-refractivity contribution in [2.24, 2.45) is 5.92 Å². The first kappa shape index (κ1) is 24.1. The Labute approximate surface area is 156 Å². The summed E-state index contributed by atoms with van der Waals surface area (Å²) in [6.07, 6.45) is 20.3. The van der Waals surface area contributed by atoms with E-state index >= 15 is 0 Å². The van der Waals surface area contributed by atoms with Crippen LogP contribution in [0.1, 0.15) is 124 Å². The summed E-state index contributed by atoms with van der Waals surface area (Å²) in [5.74, 6) is -0.949. The van der Waals surface area contributed by atoms with E-state index in [1.54, 1.807) is 0 Å². The number of carbonyl (C=O) groups excluding carboxylic acids is 2. The van der Waals surface area contributed by atoms with Crippen LogP contribution in [0.25, 0.3) is 0 Å². The summed E-state index contributed by atoms with van der Waals surface area (Å²) in [7, 11) is 0. The van der Waals surface area contributed by atoms with Gasteiger partial charge in [0.15, 0.2) is 0 Å². The molecule has 0 fully saturated rings. The minimum atomic E-state index is -0.496. The third-order valence-electron chi connectivity index (χ3n) is 4.98. The zero-order valence-corrected chi connectivity index (χ0v) is 17.1. The normalized spacial score (nSPS) is 12.1. The number of hydrogen-bond acceptors (Lipinski definition) is 3. The van der Waals surface area contributed by atoms with Gasteiger partial charge in [-0.3, -0.25) is 9.59 Å². The van der Waals surface area contributed by atoms with Crippen molar-refractivity contribution in [1.82, 2.24) is 0 Å². The maximum atomic E-state index is 11.7. The fourth-order valence-corrected chi connectivity index (χ4v) is 3.30. The monoisotopic (exact) mass is 354 g/mol. The smallest absolute Gasteiger partial charge is 0.316 e. The Balaban J connectivity index is 3.35. The fourth-order valence-electron chi connectivity index (χ4n) is 3.30. The third-order valence-corrected chi connectivity index (χ3v) is 4.98. The van der Waals surface area contributed by atoms with Crippen LogP contribution in [0.4, 0.5) is 0 Å². The van der Waals surface area contributed by atoms with Crippen molar-refractivity contribution >= 4 is 11.9 Å². The number of hydrogen-bond donors (Lipinski definition) is 0. The van der Waals surface area contributed by atoms with Crippen LogP contribution in [0, 0.1) is 5.92 Å². The molecule has 25 heavy (non-hydrogen) atoms. The molecule has 0 aliphatic heterocycles. The molecule has 3 heteroatoms. The van der Waals surface area contributed by atoms with Crippen molar-refractivity contribution in [2.75, 3.05) is 0 Å². The second kappa shape index (κ2) is 17.9. The summed E-state index contributed by atoms with van der Waals surface area (Å²) in [5, 5.41) is 0. The molecule has 0 saturated heterocycles. The standard InChI is InChI=1S/C22H42O3/c1-4-6-7-8-9-10-11-12-13-14-15-16-17-18-19-21(5-2)22(24)25-20(3)23/h21H,4-19H2,1-3H3. The molecular formula is C22H42O3. The molecule has 1 unspecified atom stereocenters. The molecule has 0 N–H and O–H groups in total. The molecule has 0 spiro atoms. The minimum absolute atomic E-state index is 0.110. The molecule has 0 heterocycles. The van der Waals surface area contributed by atoms with E-state index in [1.807, 2.05) is 6.92 Å². The van der Waals surface area contributed by atoms with Gasteiger partial charge in [-0.15, -0.1) is 0 Å². The summed E-state index contributed by atoms with van der Waals surface area (Å²) in [6.45, 7) is 5.54. The maximum Gasteiger partial charge on any atom is 0.316 e. The molecule has 0 aromatic carbocycles. The SMILES string of the molecule is CCCCCCCCCCCCCCCCC(CC)C(=O)OC(C)=O. The molecule has 3 nitrogen and oxygen atoms in total. The second-order valence-corrected chi connectivity index (χ2v) is 7.40. The highest BCUT2D eigenvalue weighted by atomic mass is 16.6. The maximum absolute atomic E-state index is 11.7. The van der Waals surface area contributed by atoms with Crippen molar-refractivity contribution in [3.63, 3.8) is 0 Å². The zero-order chi connectivity index (χ0) is 18.8. The van der Waals surface area contributed by atoms with Gasteiger partial charge in [-0.25, -0.2) is 0 Å². The van der Waals surface area contributed by atoms with E-state index in [9.17, 15) is 9.59 Å². The van der Waals surface area contributed by atoms with Gasteiger partial charge in [-0.2, -0.15) is 0 Å². The molecule has 0 rings (SSSR count). The molecule has 0 aromatic rings. The number of esters is 2. The van der Waals surface area contributed by atoms with Crippen LogP contribution in [0.3, 0.4) is 0 Å². The van der Waals surface area contributed by atoms with Gasteiger partial charge in [0.2, 0.25) is 0 Å². The highest BCUT2D eigenvalue weighted by Crippen LogP contribution is 2.17. The molecule has 0 radical (unpaired) electrons. The molecular weight excluding hydrogens is 312 g/mol. The average Bonchev–Trinajstić information content (AvgIpc) is 2.57. The quantitative estimate of drug-likeness (QED) is 0.161. The van der Waals surface area contributed by atoms with Gasteiger partial charge < -0.3 is 4.74 Å². The van der Waals surface area contributed by atoms with Crippen LogP contribution in [0.15, 0.2) is 0 Å². The topological polar surface area (TPSA) is 43.4 Å². The van der Waals surface area contributed by atoms with Crippen LogP contribution < -0.4 is 0 Å². The van der Waals surface area contributed by atoms with Gasteiger partial charge in [-0.05, 0) is 12.8 Å². The average molecular weight is 355 g/mol. The first-order valence-corrected chi connectivity index (χ1v) is 10.8. The summed E-state index contributed by atoms with van der Waals surface area (Å²) in [6, 6.07) is 0. The Morgan fingerprint density at radius 1 is 0.680 bits per heavy atom. The molecule has 0 aliphatic rings. The molecule has 148 valence electrons. The molecule has 0 saturated carbocycles. The Kier molecular flexibility index (Phi) is 17.3. The highest BCUT2D eigenvalue weighted by molar-refractivity contribution is 5.85. The number of ether oxygens (including phenoxy) is 1. The number of rotatable bonds is 17. The van der Waals surface area contributed by atoms with Crippen LogP contribution in [-0.4, -0.2) is 11.9 Å². The van der Waals surface area contributed by atoms with Crippen LogP contribution >= 0.6 is 0 Å². The van der Waals surface area contributed by atoms with E-state index in [0.29, 0.717) is 0 Å². The van der Waals surface area contributed by atoms with Gasteiger partial charge in [0.1, 0.15) is 0 Å². The summed E-state index contributed by atoms with van der Waals surface area (Å²) in [5.41, 5.74) is 0. The lowest BCUT2D eigenvalue weighted by molar-refractivity contribution is -0.161. The van der Waals surface area contributed by atoms with Gasteiger partial charge in [-0.1, -0.05) is 104 Å².